The van der Waals surface area contributed by atoms with Crippen molar-refractivity contribution in [1.82, 2.24) is 10.2 Å². The van der Waals surface area contributed by atoms with E-state index in [1.165, 1.54) is 11.8 Å². The SMILES string of the molecule is CC(C)(C)[Si](C)(C)OCc1ccc(Cc2c(N)cnnc2N)cc1. The summed E-state index contributed by atoms with van der Waals surface area (Å²) in [6.45, 7) is 11.9. The van der Waals surface area contributed by atoms with E-state index in [4.69, 9.17) is 15.9 Å². The van der Waals surface area contributed by atoms with Crippen LogP contribution in [0.2, 0.25) is 18.1 Å². The molecule has 0 aliphatic rings. The van der Waals surface area contributed by atoms with E-state index < -0.39 is 8.32 Å². The Morgan fingerprint density at radius 1 is 1.04 bits per heavy atom. The third-order valence-corrected chi connectivity index (χ3v) is 9.31. The molecule has 6 heteroatoms. The van der Waals surface area contributed by atoms with Gasteiger partial charge < -0.3 is 15.9 Å². The molecule has 24 heavy (non-hydrogen) atoms. The second-order valence-corrected chi connectivity index (χ2v) is 12.5. The standard InChI is InChI=1S/C18H28N4OSi/c1-18(2,3)24(4,5)23-12-14-8-6-13(7-9-14)10-15-16(19)11-21-22-17(15)20/h6-9,11H,10,12H2,1-5H3,(H4,19,20,22). The molecule has 0 radical (unpaired) electrons. The highest BCUT2D eigenvalue weighted by atomic mass is 28.4. The van der Waals surface area contributed by atoms with Crippen molar-refractivity contribution >= 4 is 19.8 Å². The summed E-state index contributed by atoms with van der Waals surface area (Å²) < 4.78 is 6.26. The van der Waals surface area contributed by atoms with Gasteiger partial charge in [-0.25, -0.2) is 0 Å². The van der Waals surface area contributed by atoms with Crippen molar-refractivity contribution in [2.45, 2.75) is 51.9 Å². The van der Waals surface area contributed by atoms with Crippen LogP contribution in [0.3, 0.4) is 0 Å². The number of nitrogen functional groups attached to an aromatic ring is 2. The Balaban J connectivity index is 2.04. The lowest BCUT2D eigenvalue weighted by molar-refractivity contribution is 0.276. The van der Waals surface area contributed by atoms with Crippen LogP contribution in [-0.4, -0.2) is 18.5 Å². The summed E-state index contributed by atoms with van der Waals surface area (Å²) in [5, 5.41) is 7.84. The van der Waals surface area contributed by atoms with Gasteiger partial charge in [0.25, 0.3) is 0 Å². The Kier molecular flexibility index (Phi) is 5.30. The Hall–Kier alpha value is -1.92. The Bertz CT molecular complexity index is 673. The largest absolute Gasteiger partial charge is 0.413 e. The Labute approximate surface area is 145 Å². The maximum atomic E-state index is 6.26. The summed E-state index contributed by atoms with van der Waals surface area (Å²) in [5.74, 6) is 0.389. The molecule has 0 saturated carbocycles. The van der Waals surface area contributed by atoms with Gasteiger partial charge in [-0.05, 0) is 29.3 Å². The molecule has 0 amide bonds. The molecule has 130 valence electrons. The molecule has 0 aliphatic carbocycles. The fourth-order valence-electron chi connectivity index (χ4n) is 2.07. The molecule has 0 saturated heterocycles. The lowest BCUT2D eigenvalue weighted by Crippen LogP contribution is -2.40. The fourth-order valence-corrected chi connectivity index (χ4v) is 3.03. The van der Waals surface area contributed by atoms with Crippen LogP contribution in [0.4, 0.5) is 11.5 Å². The van der Waals surface area contributed by atoms with Crippen LogP contribution in [0.15, 0.2) is 30.5 Å². The van der Waals surface area contributed by atoms with Gasteiger partial charge in [0.05, 0.1) is 18.5 Å². The summed E-state index contributed by atoms with van der Waals surface area (Å²) in [5.41, 5.74) is 15.5. The van der Waals surface area contributed by atoms with E-state index in [-0.39, 0.29) is 5.04 Å². The average Bonchev–Trinajstić information content (AvgIpc) is 2.49. The summed E-state index contributed by atoms with van der Waals surface area (Å²) >= 11 is 0. The van der Waals surface area contributed by atoms with E-state index in [1.807, 2.05) is 0 Å². The van der Waals surface area contributed by atoms with Crippen molar-refractivity contribution in [3.05, 3.63) is 47.2 Å². The van der Waals surface area contributed by atoms with Crippen molar-refractivity contribution in [3.8, 4) is 0 Å². The predicted molar refractivity (Wildman–Crippen MR) is 102 cm³/mol. The number of hydrogen-bond acceptors (Lipinski definition) is 5. The summed E-state index contributed by atoms with van der Waals surface area (Å²) in [6, 6.07) is 8.38. The molecule has 0 atom stereocenters. The lowest BCUT2D eigenvalue weighted by atomic mass is 10.0. The number of aromatic nitrogens is 2. The van der Waals surface area contributed by atoms with Crippen LogP contribution in [0.1, 0.15) is 37.5 Å². The highest BCUT2D eigenvalue weighted by Gasteiger charge is 2.36. The number of rotatable bonds is 5. The molecule has 2 aromatic rings. The molecular weight excluding hydrogens is 316 g/mol. The van der Waals surface area contributed by atoms with Gasteiger partial charge in [-0.3, -0.25) is 0 Å². The molecular formula is C18H28N4OSi. The first-order chi connectivity index (χ1) is 11.1. The monoisotopic (exact) mass is 344 g/mol. The minimum atomic E-state index is -1.73. The minimum Gasteiger partial charge on any atom is -0.413 e. The predicted octanol–water partition coefficient (Wildman–Crippen LogP) is 3.75. The van der Waals surface area contributed by atoms with Gasteiger partial charge in [0.1, 0.15) is 0 Å². The van der Waals surface area contributed by atoms with E-state index in [9.17, 15) is 0 Å². The van der Waals surface area contributed by atoms with Crippen LogP contribution < -0.4 is 11.5 Å². The van der Waals surface area contributed by atoms with E-state index in [1.54, 1.807) is 0 Å². The molecule has 0 unspecified atom stereocenters. The minimum absolute atomic E-state index is 0.219. The molecule has 0 spiro atoms. The van der Waals surface area contributed by atoms with Gasteiger partial charge in [0.2, 0.25) is 0 Å². The summed E-state index contributed by atoms with van der Waals surface area (Å²) in [7, 11) is -1.73. The van der Waals surface area contributed by atoms with E-state index in [2.05, 4.69) is 68.3 Å². The van der Waals surface area contributed by atoms with Crippen molar-refractivity contribution in [2.75, 3.05) is 11.5 Å². The van der Waals surface area contributed by atoms with Crippen LogP contribution in [0.5, 0.6) is 0 Å². The van der Waals surface area contributed by atoms with Gasteiger partial charge in [0.15, 0.2) is 14.1 Å². The van der Waals surface area contributed by atoms with Crippen molar-refractivity contribution in [1.29, 1.82) is 0 Å². The summed E-state index contributed by atoms with van der Waals surface area (Å²) in [6.07, 6.45) is 2.18. The zero-order chi connectivity index (χ0) is 18.0. The van der Waals surface area contributed by atoms with E-state index >= 15 is 0 Å². The first-order valence-electron chi connectivity index (χ1n) is 8.17. The number of nitrogens with two attached hydrogens (primary N) is 2. The van der Waals surface area contributed by atoms with Crippen LogP contribution in [-0.2, 0) is 17.5 Å². The number of anilines is 2. The maximum absolute atomic E-state index is 6.26. The Morgan fingerprint density at radius 2 is 1.62 bits per heavy atom. The van der Waals surface area contributed by atoms with Gasteiger partial charge in [-0.1, -0.05) is 45.0 Å². The van der Waals surface area contributed by atoms with E-state index in [0.717, 1.165) is 11.1 Å². The molecule has 0 bridgehead atoms. The number of hydrogen-bond donors (Lipinski definition) is 2. The molecule has 1 aromatic heterocycles. The summed E-state index contributed by atoms with van der Waals surface area (Å²) in [4.78, 5) is 0. The third-order valence-electron chi connectivity index (χ3n) is 4.83. The first kappa shape index (κ1) is 18.4. The van der Waals surface area contributed by atoms with Crippen LogP contribution in [0.25, 0.3) is 0 Å². The zero-order valence-electron chi connectivity index (χ0n) is 15.3. The van der Waals surface area contributed by atoms with Crippen molar-refractivity contribution < 1.29 is 4.43 Å². The van der Waals surface area contributed by atoms with Crippen molar-refractivity contribution in [3.63, 3.8) is 0 Å². The molecule has 2 rings (SSSR count). The molecule has 1 aromatic carbocycles. The van der Waals surface area contributed by atoms with Crippen LogP contribution in [0, 0.1) is 0 Å². The number of benzene rings is 1. The molecule has 0 aliphatic heterocycles. The lowest BCUT2D eigenvalue weighted by Gasteiger charge is -2.36. The zero-order valence-corrected chi connectivity index (χ0v) is 16.3. The highest BCUT2D eigenvalue weighted by molar-refractivity contribution is 6.74. The molecule has 0 fully saturated rings. The Morgan fingerprint density at radius 3 is 2.17 bits per heavy atom. The second kappa shape index (κ2) is 6.90. The number of nitrogens with zero attached hydrogens (tertiary/aromatic N) is 2. The molecule has 5 nitrogen and oxygen atoms in total. The smallest absolute Gasteiger partial charge is 0.192 e. The molecule has 4 N–H and O–H groups in total. The van der Waals surface area contributed by atoms with Crippen molar-refractivity contribution in [2.24, 2.45) is 0 Å². The normalized spacial score (nSPS) is 12.4. The maximum Gasteiger partial charge on any atom is 0.192 e. The van der Waals surface area contributed by atoms with Crippen LogP contribution >= 0.6 is 0 Å². The van der Waals surface area contributed by atoms with Gasteiger partial charge >= 0.3 is 0 Å². The fraction of sp³-hybridized carbons (Fsp3) is 0.444. The first-order valence-corrected chi connectivity index (χ1v) is 11.1. The third kappa shape index (κ3) is 4.33. The topological polar surface area (TPSA) is 87.0 Å². The van der Waals surface area contributed by atoms with E-state index in [0.29, 0.717) is 24.5 Å². The van der Waals surface area contributed by atoms with Gasteiger partial charge in [-0.2, -0.15) is 5.10 Å². The van der Waals surface area contributed by atoms with Gasteiger partial charge in [-0.15, -0.1) is 5.10 Å². The quantitative estimate of drug-likeness (QED) is 0.807. The molecule has 1 heterocycles. The average molecular weight is 345 g/mol. The highest BCUT2D eigenvalue weighted by Crippen LogP contribution is 2.37. The second-order valence-electron chi connectivity index (χ2n) is 7.71. The van der Waals surface area contributed by atoms with Gasteiger partial charge in [0, 0.05) is 12.0 Å².